The average Bonchev–Trinajstić information content (AvgIpc) is 3.11. The van der Waals surface area contributed by atoms with Crippen molar-refractivity contribution in [2.75, 3.05) is 49.4 Å². The van der Waals surface area contributed by atoms with Crippen LogP contribution < -0.4 is 57.5 Å². The van der Waals surface area contributed by atoms with Gasteiger partial charge in [0.2, 0.25) is 0 Å². The summed E-state index contributed by atoms with van der Waals surface area (Å²) < 4.78 is 20.7. The number of hydrogen-bond acceptors (Lipinski definition) is 24. The van der Waals surface area contributed by atoms with E-state index in [0.29, 0.717) is 0 Å². The molecule has 0 aliphatic carbocycles. The molecule has 0 radical (unpaired) electrons. The molecule has 16 nitrogen and oxygen atoms in total. The van der Waals surface area contributed by atoms with Crippen LogP contribution in [-0.4, -0.2) is 162 Å². The molecule has 0 aromatic heterocycles. The van der Waals surface area contributed by atoms with E-state index >= 15 is 0 Å². The van der Waals surface area contributed by atoms with Gasteiger partial charge in [0.25, 0.3) is 0 Å². The van der Waals surface area contributed by atoms with Crippen LogP contribution in [0.2, 0.25) is 17.7 Å². The standard InChI is InChI=1S/4C4H9.4C2H5O4SSi.4S.4Sn/c4*1-3-4-2;4*3-8(4,5)6-1-2-7;;;;;;;;/h4*1,3-4H2,2H3;4*7H,1-2H2;;;;;;;;/q;;;;4*-3;;;;;4*+1. The zero-order chi connectivity index (χ0) is 45.8. The van der Waals surface area contributed by atoms with Crippen LogP contribution >= 0.6 is 87.7 Å². The van der Waals surface area contributed by atoms with E-state index in [1.807, 2.05) is 0 Å². The maximum atomic E-state index is 9.63. The largest absolute Gasteiger partial charge is 0.861 e. The molecule has 0 amide bonds. The Hall–Kier alpha value is 5.70. The summed E-state index contributed by atoms with van der Waals surface area (Å²) in [5.74, 6) is 0.950. The minimum atomic E-state index is -4.98. The molecule has 336 valence electrons. The van der Waals surface area contributed by atoms with E-state index in [1.165, 1.54) is 69.1 Å². The van der Waals surface area contributed by atoms with Crippen LogP contribution in [-0.2, 0) is 17.7 Å². The third-order valence-electron chi connectivity index (χ3n) is 4.01. The molecule has 0 aromatic rings. The molecular weight excluding hydrogens is 1390 g/mol. The second-order valence-corrected chi connectivity index (χ2v) is 33.0. The van der Waals surface area contributed by atoms with Crippen molar-refractivity contribution in [3.8, 4) is 0 Å². The summed E-state index contributed by atoms with van der Waals surface area (Å²) in [7, 11) is -0.358. The van der Waals surface area contributed by atoms with Crippen LogP contribution in [0.25, 0.3) is 0 Å². The molecule has 0 atom stereocenters. The van der Waals surface area contributed by atoms with Gasteiger partial charge in [-0.2, -0.15) is 50.5 Å². The van der Waals surface area contributed by atoms with E-state index in [-0.39, 0.29) is 126 Å². The molecule has 32 heteroatoms. The number of thiol groups is 4. The Kier molecular flexibility index (Phi) is 91.5. The number of hydrogen-bond donors (Lipinski definition) is 4. The van der Waals surface area contributed by atoms with Gasteiger partial charge in [0.15, 0.2) is 0 Å². The summed E-state index contributed by atoms with van der Waals surface area (Å²) in [4.78, 5) is 116. The van der Waals surface area contributed by atoms with Gasteiger partial charge in [-0.05, 0) is 0 Å². The Labute approximate surface area is 416 Å². The SMILES string of the molecule is CCC[CH2][Sn+]=[S].CCC[CH2][Sn+]=[S].CCC[CH2][Sn+]=[S].CCC[CH2][Sn+]=[S].[O-][Si]([O-])([O-])OCCS.[O-][Si]([O-])([O-])OCCS.[O-][Si]([O-])([O-])OCCS.[O-][Si]([O-])([O-])OCCS. The zero-order valence-electron chi connectivity index (χ0n) is 32.1. The third-order valence-corrected chi connectivity index (χ3v) is 18.8. The predicted molar refractivity (Wildman–Crippen MR) is 234 cm³/mol. The minimum Gasteiger partial charge on any atom is -0.861 e. The van der Waals surface area contributed by atoms with Gasteiger partial charge in [0.05, 0.1) is 0 Å². The molecule has 0 bridgehead atoms. The molecule has 0 aromatic carbocycles. The molecule has 0 N–H and O–H groups in total. The van der Waals surface area contributed by atoms with E-state index in [1.54, 1.807) is 0 Å². The molecule has 0 aliphatic heterocycles. The van der Waals surface area contributed by atoms with Crippen molar-refractivity contribution < 1.29 is 75.3 Å². The van der Waals surface area contributed by atoms with Gasteiger partial charge in [-0.15, -0.1) is 36.2 Å². The summed E-state index contributed by atoms with van der Waals surface area (Å²) in [6.07, 6.45) is 10.9. The number of rotatable bonds is 24. The van der Waals surface area contributed by atoms with E-state index in [2.05, 4.69) is 95.9 Å². The van der Waals surface area contributed by atoms with Gasteiger partial charge < -0.3 is 75.3 Å². The van der Waals surface area contributed by atoms with Crippen molar-refractivity contribution in [3.63, 3.8) is 0 Å². The van der Waals surface area contributed by atoms with Crippen molar-refractivity contribution in [2.24, 2.45) is 0 Å². The summed E-state index contributed by atoms with van der Waals surface area (Å²) in [5.41, 5.74) is 0. The van der Waals surface area contributed by atoms with E-state index < -0.39 is 36.2 Å². The maximum absolute atomic E-state index is 9.63. The van der Waals surface area contributed by atoms with Gasteiger partial charge in [-0.3, -0.25) is 0 Å². The molecule has 0 saturated carbocycles. The first kappa shape index (κ1) is 78.8. The second kappa shape index (κ2) is 65.0. The molecule has 0 spiro atoms. The summed E-state index contributed by atoms with van der Waals surface area (Å²) in [6, 6.07) is 0. The first-order valence-electron chi connectivity index (χ1n) is 16.7. The Balaban J connectivity index is -0.0000000787. The van der Waals surface area contributed by atoms with E-state index in [0.717, 1.165) is 0 Å². The van der Waals surface area contributed by atoms with Crippen LogP contribution in [0.3, 0.4) is 0 Å². The van der Waals surface area contributed by atoms with Crippen LogP contribution in [0.1, 0.15) is 79.1 Å². The summed E-state index contributed by atoms with van der Waals surface area (Å²) in [5, 5.41) is 0. The van der Waals surface area contributed by atoms with Gasteiger partial charge >= 0.3 is 211 Å². The molecule has 0 saturated heterocycles. The maximum Gasteiger partial charge on any atom is 0.0371 e. The van der Waals surface area contributed by atoms with Crippen LogP contribution in [0.5, 0.6) is 0 Å². The Morgan fingerprint density at radius 1 is 0.357 bits per heavy atom. The first-order valence-corrected chi connectivity index (χ1v) is 49.5. The molecule has 0 aliphatic rings. The Morgan fingerprint density at radius 2 is 0.500 bits per heavy atom. The van der Waals surface area contributed by atoms with Gasteiger partial charge in [0.1, 0.15) is 0 Å². The van der Waals surface area contributed by atoms with Gasteiger partial charge in [-0.1, -0.05) is 0 Å². The smallest absolute Gasteiger partial charge is 0.0371 e. The molecule has 0 unspecified atom stereocenters. The molecule has 0 heterocycles. The fraction of sp³-hybridized carbons (Fsp3) is 1.00. The van der Waals surface area contributed by atoms with Crippen LogP contribution in [0.4, 0.5) is 0 Å². The topological polar surface area (TPSA) is 314 Å². The first-order chi connectivity index (χ1) is 25.9. The van der Waals surface area contributed by atoms with Gasteiger partial charge in [0, 0.05) is 49.4 Å². The van der Waals surface area contributed by atoms with Gasteiger partial charge in [-0.25, -0.2) is 0 Å². The normalized spacial score (nSPS) is 10.1. The summed E-state index contributed by atoms with van der Waals surface area (Å²) in [6.45, 7) is 8.32. The molecular formula is C24H56O16S8Si4Sn4-8. The van der Waals surface area contributed by atoms with Crippen molar-refractivity contribution >= 4 is 201 Å². The zero-order valence-corrected chi connectivity index (χ0v) is 54.4. The van der Waals surface area contributed by atoms with E-state index in [4.69, 9.17) is 37.2 Å². The van der Waals surface area contributed by atoms with Crippen molar-refractivity contribution in [3.05, 3.63) is 0 Å². The van der Waals surface area contributed by atoms with Crippen molar-refractivity contribution in [1.29, 1.82) is 0 Å². The monoisotopic (exact) mass is 1450 g/mol. The fourth-order valence-corrected chi connectivity index (χ4v) is 13.7. The Morgan fingerprint density at radius 3 is 0.536 bits per heavy atom. The van der Waals surface area contributed by atoms with Crippen molar-refractivity contribution in [2.45, 2.75) is 96.8 Å². The quantitative estimate of drug-likeness (QED) is 0.0397. The van der Waals surface area contributed by atoms with Crippen LogP contribution in [0, 0.1) is 0 Å². The average molecular weight is 1440 g/mol. The second-order valence-electron chi connectivity index (χ2n) is 9.28. The van der Waals surface area contributed by atoms with Crippen molar-refractivity contribution in [1.82, 2.24) is 0 Å². The predicted octanol–water partition coefficient (Wildman–Crippen LogP) is -6.12. The van der Waals surface area contributed by atoms with Crippen LogP contribution in [0.15, 0.2) is 0 Å². The fourth-order valence-electron chi connectivity index (χ4n) is 1.68. The Bertz CT molecular complexity index is 654. The number of unbranched alkanes of at least 4 members (excludes halogenated alkanes) is 4. The minimum absolute atomic E-state index is 0.133. The molecule has 0 rings (SSSR count). The summed E-state index contributed by atoms with van der Waals surface area (Å²) >= 11 is 13.5. The molecule has 56 heavy (non-hydrogen) atoms. The van der Waals surface area contributed by atoms with E-state index in [9.17, 15) is 57.5 Å². The molecule has 0 fully saturated rings. The third kappa shape index (κ3) is 145.